The number of benzene rings is 2. The second-order valence-corrected chi connectivity index (χ2v) is 5.35. The maximum atomic E-state index is 13.2. The summed E-state index contributed by atoms with van der Waals surface area (Å²) in [6, 6.07) is 10.9. The largest absolute Gasteiger partial charge is 0.207 e. The monoisotopic (exact) mass is 284 g/mol. The number of allylic oxidation sites excluding steroid dienone is 3. The molecule has 2 aromatic rings. The highest BCUT2D eigenvalue weighted by Gasteiger charge is 2.12. The molecule has 2 aromatic carbocycles. The van der Waals surface area contributed by atoms with Crippen LogP contribution in [0.25, 0.3) is 11.6 Å². The Morgan fingerprint density at radius 1 is 1.15 bits per heavy atom. The third-order valence-corrected chi connectivity index (χ3v) is 4.10. The van der Waals surface area contributed by atoms with Gasteiger partial charge in [-0.25, -0.2) is 4.39 Å². The lowest BCUT2D eigenvalue weighted by Gasteiger charge is -2.03. The van der Waals surface area contributed by atoms with E-state index in [0.717, 1.165) is 39.3 Å². The van der Waals surface area contributed by atoms with E-state index in [0.29, 0.717) is 0 Å². The number of aryl methyl sites for hydroxylation is 1. The van der Waals surface area contributed by atoms with E-state index in [-0.39, 0.29) is 5.82 Å². The zero-order valence-electron chi connectivity index (χ0n) is 11.2. The molecule has 0 saturated carbocycles. The molecule has 0 aromatic heterocycles. The van der Waals surface area contributed by atoms with Crippen molar-refractivity contribution >= 4 is 23.3 Å². The number of fused-ring (bicyclic) bond motifs is 1. The lowest BCUT2D eigenvalue weighted by molar-refractivity contribution is 0.626. The standard InChI is InChI=1S/C18H14ClF/c1-12-3-2-4-14(18(12)19)7-5-13-6-8-15-11-16(20)9-10-17(13)15/h2-7,9-11H,8H2,1H3/b7-5+. The molecular weight excluding hydrogens is 271 g/mol. The summed E-state index contributed by atoms with van der Waals surface area (Å²) in [7, 11) is 0. The molecule has 0 heterocycles. The van der Waals surface area contributed by atoms with Crippen molar-refractivity contribution in [1.29, 1.82) is 0 Å². The Balaban J connectivity index is 1.91. The number of halogens is 2. The minimum atomic E-state index is -0.177. The van der Waals surface area contributed by atoms with E-state index < -0.39 is 0 Å². The molecule has 1 aliphatic carbocycles. The van der Waals surface area contributed by atoms with Gasteiger partial charge in [0.05, 0.1) is 5.02 Å². The van der Waals surface area contributed by atoms with Crippen molar-refractivity contribution in [2.24, 2.45) is 0 Å². The predicted octanol–water partition coefficient (Wildman–Crippen LogP) is 5.44. The van der Waals surface area contributed by atoms with Crippen molar-refractivity contribution in [3.8, 4) is 0 Å². The van der Waals surface area contributed by atoms with E-state index in [9.17, 15) is 4.39 Å². The Bertz CT molecular complexity index is 726. The first-order valence-electron chi connectivity index (χ1n) is 6.57. The van der Waals surface area contributed by atoms with Crippen LogP contribution in [0.5, 0.6) is 0 Å². The first kappa shape index (κ1) is 13.1. The summed E-state index contributed by atoms with van der Waals surface area (Å²) in [5, 5.41) is 0.779. The highest BCUT2D eigenvalue weighted by Crippen LogP contribution is 2.30. The molecule has 0 saturated heterocycles. The molecule has 2 heteroatoms. The quantitative estimate of drug-likeness (QED) is 0.689. The van der Waals surface area contributed by atoms with E-state index >= 15 is 0 Å². The van der Waals surface area contributed by atoms with E-state index in [1.165, 1.54) is 6.07 Å². The van der Waals surface area contributed by atoms with E-state index in [1.54, 1.807) is 6.07 Å². The smallest absolute Gasteiger partial charge is 0.123 e. The van der Waals surface area contributed by atoms with E-state index in [2.05, 4.69) is 6.08 Å². The Labute approximate surface area is 123 Å². The average Bonchev–Trinajstić information content (AvgIpc) is 2.83. The van der Waals surface area contributed by atoms with Gasteiger partial charge < -0.3 is 0 Å². The van der Waals surface area contributed by atoms with Crippen LogP contribution in [0.15, 0.2) is 48.6 Å². The van der Waals surface area contributed by atoms with Crippen LogP contribution in [0.4, 0.5) is 4.39 Å². The maximum Gasteiger partial charge on any atom is 0.123 e. The zero-order chi connectivity index (χ0) is 14.1. The molecule has 1 aliphatic rings. The first-order valence-corrected chi connectivity index (χ1v) is 6.95. The van der Waals surface area contributed by atoms with Gasteiger partial charge in [0.2, 0.25) is 0 Å². The fourth-order valence-electron chi connectivity index (χ4n) is 2.48. The molecule has 0 bridgehead atoms. The highest BCUT2D eigenvalue weighted by atomic mass is 35.5. The van der Waals surface area contributed by atoms with Gasteiger partial charge in [-0.15, -0.1) is 0 Å². The van der Waals surface area contributed by atoms with Crippen LogP contribution in [0, 0.1) is 12.7 Å². The van der Waals surface area contributed by atoms with Crippen molar-refractivity contribution in [2.75, 3.05) is 0 Å². The fourth-order valence-corrected chi connectivity index (χ4v) is 2.67. The third-order valence-electron chi connectivity index (χ3n) is 3.58. The molecule has 20 heavy (non-hydrogen) atoms. The average molecular weight is 285 g/mol. The molecule has 0 N–H and O–H groups in total. The van der Waals surface area contributed by atoms with Crippen molar-refractivity contribution in [3.05, 3.63) is 81.6 Å². The van der Waals surface area contributed by atoms with Crippen molar-refractivity contribution in [3.63, 3.8) is 0 Å². The summed E-state index contributed by atoms with van der Waals surface area (Å²) in [4.78, 5) is 0. The van der Waals surface area contributed by atoms with E-state index in [4.69, 9.17) is 11.6 Å². The van der Waals surface area contributed by atoms with Crippen molar-refractivity contribution in [2.45, 2.75) is 13.3 Å². The van der Waals surface area contributed by atoms with Crippen LogP contribution in [-0.2, 0) is 6.42 Å². The van der Waals surface area contributed by atoms with Crippen LogP contribution >= 0.6 is 11.6 Å². The van der Waals surface area contributed by atoms with Crippen LogP contribution in [0.1, 0.15) is 22.3 Å². The van der Waals surface area contributed by atoms with Gasteiger partial charge in [-0.3, -0.25) is 0 Å². The van der Waals surface area contributed by atoms with Gasteiger partial charge in [-0.2, -0.15) is 0 Å². The van der Waals surface area contributed by atoms with Crippen molar-refractivity contribution < 1.29 is 4.39 Å². The van der Waals surface area contributed by atoms with Gasteiger partial charge in [0.15, 0.2) is 0 Å². The minimum Gasteiger partial charge on any atom is -0.207 e. The number of hydrogen-bond donors (Lipinski definition) is 0. The zero-order valence-corrected chi connectivity index (χ0v) is 11.9. The predicted molar refractivity (Wildman–Crippen MR) is 83.3 cm³/mol. The summed E-state index contributed by atoms with van der Waals surface area (Å²) in [5.41, 5.74) is 5.34. The van der Waals surface area contributed by atoms with Crippen LogP contribution < -0.4 is 0 Å². The SMILES string of the molecule is Cc1cccc(/C=C/C2=CCc3cc(F)ccc32)c1Cl. The lowest BCUT2D eigenvalue weighted by Crippen LogP contribution is -1.85. The van der Waals surface area contributed by atoms with Gasteiger partial charge in [-0.05, 0) is 53.3 Å². The van der Waals surface area contributed by atoms with Gasteiger partial charge in [0, 0.05) is 0 Å². The molecular formula is C18H14ClF. The molecule has 0 nitrogen and oxygen atoms in total. The highest BCUT2D eigenvalue weighted by molar-refractivity contribution is 6.32. The number of hydrogen-bond acceptors (Lipinski definition) is 0. The van der Waals surface area contributed by atoms with Crippen molar-refractivity contribution in [1.82, 2.24) is 0 Å². The van der Waals surface area contributed by atoms with E-state index in [1.807, 2.05) is 43.3 Å². The van der Waals surface area contributed by atoms with Gasteiger partial charge in [-0.1, -0.05) is 54.1 Å². The molecule has 3 rings (SSSR count). The number of rotatable bonds is 2. The normalized spacial score (nSPS) is 13.7. The summed E-state index contributed by atoms with van der Waals surface area (Å²) >= 11 is 6.28. The fraction of sp³-hybridized carbons (Fsp3) is 0.111. The Morgan fingerprint density at radius 2 is 2.00 bits per heavy atom. The lowest BCUT2D eigenvalue weighted by atomic mass is 10.0. The molecule has 0 unspecified atom stereocenters. The molecule has 0 aliphatic heterocycles. The Kier molecular flexibility index (Phi) is 3.45. The molecule has 0 fully saturated rings. The molecule has 0 atom stereocenters. The summed E-state index contributed by atoms with van der Waals surface area (Å²) in [6.07, 6.45) is 6.96. The summed E-state index contributed by atoms with van der Waals surface area (Å²) < 4.78 is 13.2. The maximum absolute atomic E-state index is 13.2. The molecule has 0 amide bonds. The third kappa shape index (κ3) is 2.41. The summed E-state index contributed by atoms with van der Waals surface area (Å²) in [5.74, 6) is -0.177. The van der Waals surface area contributed by atoms with Crippen LogP contribution in [0.3, 0.4) is 0 Å². The Hall–Kier alpha value is -1.86. The molecule has 0 spiro atoms. The summed E-state index contributed by atoms with van der Waals surface area (Å²) in [6.45, 7) is 1.99. The molecule has 100 valence electrons. The Morgan fingerprint density at radius 3 is 2.85 bits per heavy atom. The van der Waals surface area contributed by atoms with Gasteiger partial charge in [0.25, 0.3) is 0 Å². The first-order chi connectivity index (χ1) is 9.65. The second-order valence-electron chi connectivity index (χ2n) is 4.98. The topological polar surface area (TPSA) is 0 Å². The van der Waals surface area contributed by atoms with Gasteiger partial charge >= 0.3 is 0 Å². The second kappa shape index (κ2) is 5.26. The minimum absolute atomic E-state index is 0.177. The van der Waals surface area contributed by atoms with Crippen LogP contribution in [-0.4, -0.2) is 0 Å². The molecule has 0 radical (unpaired) electrons. The van der Waals surface area contributed by atoms with Crippen LogP contribution in [0.2, 0.25) is 5.02 Å². The van der Waals surface area contributed by atoms with Gasteiger partial charge in [0.1, 0.15) is 5.82 Å².